The standard InChI is InChI=1S/C21H18O/c22-14-13-15-9-11-16(12-10-15)21-19-7-3-1-5-17(19)18-6-2-4-8-20(18)21/h1-12,21-22H,13-14H2. The number of aliphatic hydroxyl groups is 1. The summed E-state index contributed by atoms with van der Waals surface area (Å²) in [5, 5.41) is 9.06. The number of benzene rings is 3. The van der Waals surface area contributed by atoms with Crippen LogP contribution in [0, 0.1) is 0 Å². The number of hydrogen-bond donors (Lipinski definition) is 1. The molecule has 0 fully saturated rings. The Balaban J connectivity index is 1.84. The molecule has 1 nitrogen and oxygen atoms in total. The zero-order chi connectivity index (χ0) is 14.9. The van der Waals surface area contributed by atoms with E-state index in [1.54, 1.807) is 0 Å². The second-order valence-electron chi connectivity index (χ2n) is 5.82. The molecule has 0 saturated carbocycles. The predicted molar refractivity (Wildman–Crippen MR) is 90.1 cm³/mol. The quantitative estimate of drug-likeness (QED) is 0.592. The second kappa shape index (κ2) is 5.43. The van der Waals surface area contributed by atoms with Crippen LogP contribution in [0.5, 0.6) is 0 Å². The maximum Gasteiger partial charge on any atom is 0.0471 e. The second-order valence-corrected chi connectivity index (χ2v) is 5.82. The molecule has 1 aliphatic rings. The van der Waals surface area contributed by atoms with Gasteiger partial charge in [-0.15, -0.1) is 0 Å². The first-order chi connectivity index (χ1) is 10.9. The summed E-state index contributed by atoms with van der Waals surface area (Å²) in [4.78, 5) is 0. The molecule has 22 heavy (non-hydrogen) atoms. The van der Waals surface area contributed by atoms with Crippen LogP contribution in [0.1, 0.15) is 28.2 Å². The predicted octanol–water partition coefficient (Wildman–Crippen LogP) is 4.38. The van der Waals surface area contributed by atoms with Gasteiger partial charge in [-0.05, 0) is 39.8 Å². The van der Waals surface area contributed by atoms with Crippen molar-refractivity contribution in [2.24, 2.45) is 0 Å². The highest BCUT2D eigenvalue weighted by Gasteiger charge is 2.28. The van der Waals surface area contributed by atoms with Crippen LogP contribution in [0.2, 0.25) is 0 Å². The molecule has 0 heterocycles. The van der Waals surface area contributed by atoms with Gasteiger partial charge in [0.05, 0.1) is 0 Å². The van der Waals surface area contributed by atoms with Crippen LogP contribution in [0.25, 0.3) is 11.1 Å². The lowest BCUT2D eigenvalue weighted by atomic mass is 9.89. The summed E-state index contributed by atoms with van der Waals surface area (Å²) >= 11 is 0. The van der Waals surface area contributed by atoms with Crippen molar-refractivity contribution in [2.75, 3.05) is 6.61 Å². The van der Waals surface area contributed by atoms with Gasteiger partial charge in [-0.25, -0.2) is 0 Å². The average molecular weight is 286 g/mol. The number of fused-ring (bicyclic) bond motifs is 3. The van der Waals surface area contributed by atoms with E-state index < -0.39 is 0 Å². The third-order valence-electron chi connectivity index (χ3n) is 4.55. The normalized spacial score (nSPS) is 13.0. The molecule has 3 aromatic carbocycles. The summed E-state index contributed by atoms with van der Waals surface area (Å²) in [6.45, 7) is 0.203. The minimum atomic E-state index is 0.203. The van der Waals surface area contributed by atoms with Gasteiger partial charge in [-0.3, -0.25) is 0 Å². The summed E-state index contributed by atoms with van der Waals surface area (Å²) in [5.74, 6) is 0.315. The van der Waals surface area contributed by atoms with Gasteiger partial charge in [-0.2, -0.15) is 0 Å². The molecule has 0 aromatic heterocycles. The van der Waals surface area contributed by atoms with Crippen LogP contribution in [0.3, 0.4) is 0 Å². The molecule has 1 N–H and O–H groups in total. The monoisotopic (exact) mass is 286 g/mol. The summed E-state index contributed by atoms with van der Waals surface area (Å²) in [5.41, 5.74) is 7.98. The molecular formula is C21H18O. The SMILES string of the molecule is OCCc1ccc(C2c3ccccc3-c3ccccc32)cc1. The molecule has 1 heteroatoms. The van der Waals surface area contributed by atoms with Crippen LogP contribution in [-0.2, 0) is 6.42 Å². The van der Waals surface area contributed by atoms with Crippen molar-refractivity contribution in [3.05, 3.63) is 95.1 Å². The van der Waals surface area contributed by atoms with E-state index in [2.05, 4.69) is 72.8 Å². The van der Waals surface area contributed by atoms with Gasteiger partial charge in [0.25, 0.3) is 0 Å². The molecule has 3 aromatic rings. The van der Waals surface area contributed by atoms with Gasteiger partial charge >= 0.3 is 0 Å². The zero-order valence-corrected chi connectivity index (χ0v) is 12.4. The molecule has 0 unspecified atom stereocenters. The van der Waals surface area contributed by atoms with Crippen LogP contribution in [-0.4, -0.2) is 11.7 Å². The largest absolute Gasteiger partial charge is 0.396 e. The van der Waals surface area contributed by atoms with Crippen molar-refractivity contribution in [1.29, 1.82) is 0 Å². The molecule has 108 valence electrons. The van der Waals surface area contributed by atoms with Crippen molar-refractivity contribution < 1.29 is 5.11 Å². The maximum absolute atomic E-state index is 9.06. The van der Waals surface area contributed by atoms with E-state index in [1.807, 2.05) is 0 Å². The number of hydrogen-bond acceptors (Lipinski definition) is 1. The van der Waals surface area contributed by atoms with Crippen molar-refractivity contribution >= 4 is 0 Å². The molecule has 0 spiro atoms. The molecule has 0 bridgehead atoms. The first kappa shape index (κ1) is 13.3. The Kier molecular flexibility index (Phi) is 3.28. The number of rotatable bonds is 3. The lowest BCUT2D eigenvalue weighted by Crippen LogP contribution is -1.99. The van der Waals surface area contributed by atoms with Crippen LogP contribution >= 0.6 is 0 Å². The molecule has 4 rings (SSSR count). The van der Waals surface area contributed by atoms with E-state index in [9.17, 15) is 0 Å². The highest BCUT2D eigenvalue weighted by molar-refractivity contribution is 5.80. The van der Waals surface area contributed by atoms with Crippen molar-refractivity contribution in [1.82, 2.24) is 0 Å². The van der Waals surface area contributed by atoms with Crippen LogP contribution in [0.15, 0.2) is 72.8 Å². The van der Waals surface area contributed by atoms with Crippen LogP contribution < -0.4 is 0 Å². The number of aliphatic hydroxyl groups excluding tert-OH is 1. The summed E-state index contributed by atoms with van der Waals surface area (Å²) in [6, 6.07) is 26.1. The Hall–Kier alpha value is -2.38. The first-order valence-corrected chi connectivity index (χ1v) is 7.76. The van der Waals surface area contributed by atoms with E-state index in [0.717, 1.165) is 6.42 Å². The fourth-order valence-corrected chi connectivity index (χ4v) is 3.52. The minimum Gasteiger partial charge on any atom is -0.396 e. The lowest BCUT2D eigenvalue weighted by Gasteiger charge is -2.14. The Morgan fingerprint density at radius 2 is 1.23 bits per heavy atom. The topological polar surface area (TPSA) is 20.2 Å². The zero-order valence-electron chi connectivity index (χ0n) is 12.4. The third kappa shape index (κ3) is 2.06. The molecule has 0 saturated heterocycles. The van der Waals surface area contributed by atoms with E-state index in [-0.39, 0.29) is 6.61 Å². The maximum atomic E-state index is 9.06. The van der Waals surface area contributed by atoms with Gasteiger partial charge in [0.15, 0.2) is 0 Å². The highest BCUT2D eigenvalue weighted by atomic mass is 16.2. The summed E-state index contributed by atoms with van der Waals surface area (Å²) < 4.78 is 0. The molecule has 0 radical (unpaired) electrons. The smallest absolute Gasteiger partial charge is 0.0471 e. The van der Waals surface area contributed by atoms with Crippen molar-refractivity contribution in [3.63, 3.8) is 0 Å². The van der Waals surface area contributed by atoms with Crippen molar-refractivity contribution in [3.8, 4) is 11.1 Å². The lowest BCUT2D eigenvalue weighted by molar-refractivity contribution is 0.299. The Morgan fingerprint density at radius 1 is 0.682 bits per heavy atom. The fourth-order valence-electron chi connectivity index (χ4n) is 3.52. The van der Waals surface area contributed by atoms with Crippen molar-refractivity contribution in [2.45, 2.75) is 12.3 Å². The molecule has 1 aliphatic carbocycles. The Labute approximate surface area is 130 Å². The first-order valence-electron chi connectivity index (χ1n) is 7.76. The Morgan fingerprint density at radius 3 is 1.77 bits per heavy atom. The molecular weight excluding hydrogens is 268 g/mol. The summed E-state index contributed by atoms with van der Waals surface area (Å²) in [7, 11) is 0. The van der Waals surface area contributed by atoms with E-state index in [4.69, 9.17) is 5.11 Å². The van der Waals surface area contributed by atoms with Crippen LogP contribution in [0.4, 0.5) is 0 Å². The fraction of sp³-hybridized carbons (Fsp3) is 0.143. The van der Waals surface area contributed by atoms with E-state index >= 15 is 0 Å². The van der Waals surface area contributed by atoms with Gasteiger partial charge in [0.2, 0.25) is 0 Å². The Bertz CT molecular complexity index is 757. The average Bonchev–Trinajstić information content (AvgIpc) is 2.91. The van der Waals surface area contributed by atoms with Gasteiger partial charge in [-0.1, -0.05) is 72.8 Å². The van der Waals surface area contributed by atoms with Gasteiger partial charge in [0.1, 0.15) is 0 Å². The van der Waals surface area contributed by atoms with Gasteiger partial charge < -0.3 is 5.11 Å². The molecule has 0 amide bonds. The summed E-state index contributed by atoms with van der Waals surface area (Å²) in [6.07, 6.45) is 0.720. The third-order valence-corrected chi connectivity index (χ3v) is 4.55. The van der Waals surface area contributed by atoms with E-state index in [1.165, 1.54) is 33.4 Å². The molecule has 0 atom stereocenters. The van der Waals surface area contributed by atoms with E-state index in [0.29, 0.717) is 5.92 Å². The highest BCUT2D eigenvalue weighted by Crippen LogP contribution is 2.47. The molecule has 0 aliphatic heterocycles. The minimum absolute atomic E-state index is 0.203. The van der Waals surface area contributed by atoms with Gasteiger partial charge in [0, 0.05) is 12.5 Å².